The number of aryl methyl sites for hydroxylation is 1. The van der Waals surface area contributed by atoms with Crippen LogP contribution in [0.25, 0.3) is 21.3 Å². The lowest BCUT2D eigenvalue weighted by molar-refractivity contribution is -0.122. The van der Waals surface area contributed by atoms with Crippen LogP contribution in [-0.2, 0) is 17.9 Å². The first-order valence-corrected chi connectivity index (χ1v) is 12.6. The summed E-state index contributed by atoms with van der Waals surface area (Å²) in [7, 11) is 0. The van der Waals surface area contributed by atoms with Crippen LogP contribution in [0.15, 0.2) is 45.3 Å². The van der Waals surface area contributed by atoms with Crippen molar-refractivity contribution in [3.63, 3.8) is 0 Å². The second-order valence-corrected chi connectivity index (χ2v) is 9.49. The highest BCUT2D eigenvalue weighted by Gasteiger charge is 2.22. The molecule has 0 radical (unpaired) electrons. The minimum absolute atomic E-state index is 0.142. The Balaban J connectivity index is 1.76. The van der Waals surface area contributed by atoms with E-state index in [1.54, 1.807) is 4.57 Å². The van der Waals surface area contributed by atoms with Crippen molar-refractivity contribution >= 4 is 27.5 Å². The van der Waals surface area contributed by atoms with Gasteiger partial charge in [-0.2, -0.15) is 0 Å². The van der Waals surface area contributed by atoms with Crippen LogP contribution in [0, 0.1) is 0 Å². The molecule has 3 aromatic rings. The number of benzene rings is 1. The van der Waals surface area contributed by atoms with Gasteiger partial charge < -0.3 is 5.32 Å². The quantitative estimate of drug-likeness (QED) is 0.509. The maximum absolute atomic E-state index is 13.5. The molecule has 6 nitrogen and oxygen atoms in total. The van der Waals surface area contributed by atoms with E-state index in [-0.39, 0.29) is 29.7 Å². The number of hydrogen-bond donors (Lipinski definition) is 1. The Kier molecular flexibility index (Phi) is 7.25. The van der Waals surface area contributed by atoms with E-state index >= 15 is 0 Å². The monoisotopic (exact) mass is 453 g/mol. The molecule has 1 saturated carbocycles. The molecule has 0 atom stereocenters. The minimum Gasteiger partial charge on any atom is -0.352 e. The zero-order chi connectivity index (χ0) is 22.5. The van der Waals surface area contributed by atoms with Crippen molar-refractivity contribution in [3.8, 4) is 11.1 Å². The molecule has 4 rings (SSSR count). The molecule has 7 heteroatoms. The minimum atomic E-state index is -0.390. The molecule has 1 N–H and O–H groups in total. The number of fused-ring (bicyclic) bond motifs is 1. The maximum Gasteiger partial charge on any atom is 0.332 e. The Morgan fingerprint density at radius 1 is 1.06 bits per heavy atom. The Hall–Kier alpha value is -2.67. The molecule has 1 amide bonds. The summed E-state index contributed by atoms with van der Waals surface area (Å²) in [5, 5.41) is 5.52. The predicted molar refractivity (Wildman–Crippen MR) is 130 cm³/mol. The summed E-state index contributed by atoms with van der Waals surface area (Å²) in [4.78, 5) is 40.3. The van der Waals surface area contributed by atoms with Crippen LogP contribution in [0.5, 0.6) is 0 Å². The van der Waals surface area contributed by atoms with Gasteiger partial charge in [-0.05, 0) is 24.8 Å². The van der Waals surface area contributed by atoms with Gasteiger partial charge in [0.05, 0.1) is 5.39 Å². The van der Waals surface area contributed by atoms with Crippen molar-refractivity contribution < 1.29 is 4.79 Å². The second-order valence-electron chi connectivity index (χ2n) is 8.63. The van der Waals surface area contributed by atoms with E-state index in [4.69, 9.17) is 0 Å². The number of nitrogens with one attached hydrogen (secondary N) is 1. The summed E-state index contributed by atoms with van der Waals surface area (Å²) in [6.45, 7) is 2.43. The van der Waals surface area contributed by atoms with Gasteiger partial charge in [0.2, 0.25) is 5.91 Å². The van der Waals surface area contributed by atoms with Gasteiger partial charge in [0.25, 0.3) is 5.56 Å². The SMILES string of the molecule is CCCCCn1c(=O)n(CC(=O)NC2CCCCC2)c(=O)c2c(-c3ccccc3)csc21. The third kappa shape index (κ3) is 4.72. The lowest BCUT2D eigenvalue weighted by Crippen LogP contribution is -2.45. The van der Waals surface area contributed by atoms with E-state index < -0.39 is 0 Å². The van der Waals surface area contributed by atoms with Crippen LogP contribution < -0.4 is 16.6 Å². The molecule has 1 aliphatic rings. The largest absolute Gasteiger partial charge is 0.352 e. The summed E-state index contributed by atoms with van der Waals surface area (Å²) in [5.41, 5.74) is 0.989. The number of aromatic nitrogens is 2. The second kappa shape index (κ2) is 10.3. The van der Waals surface area contributed by atoms with Gasteiger partial charge in [-0.25, -0.2) is 4.79 Å². The highest BCUT2D eigenvalue weighted by molar-refractivity contribution is 7.17. The first kappa shape index (κ1) is 22.5. The zero-order valence-electron chi connectivity index (χ0n) is 18.6. The molecule has 2 aromatic heterocycles. The first-order valence-electron chi connectivity index (χ1n) is 11.7. The number of nitrogens with zero attached hydrogens (tertiary/aromatic N) is 2. The molecule has 0 unspecified atom stereocenters. The van der Waals surface area contributed by atoms with Gasteiger partial charge in [0.15, 0.2) is 0 Å². The third-order valence-electron chi connectivity index (χ3n) is 6.28. The number of thiophene rings is 1. The average Bonchev–Trinajstić information content (AvgIpc) is 3.25. The van der Waals surface area contributed by atoms with Crippen molar-refractivity contribution in [1.82, 2.24) is 14.5 Å². The fourth-order valence-corrected chi connectivity index (χ4v) is 5.65. The summed E-state index contributed by atoms with van der Waals surface area (Å²) >= 11 is 1.43. The molecular weight excluding hydrogens is 422 g/mol. The number of amides is 1. The Bertz CT molecular complexity index is 1190. The van der Waals surface area contributed by atoms with Crippen molar-refractivity contribution in [2.45, 2.75) is 77.4 Å². The van der Waals surface area contributed by atoms with Gasteiger partial charge in [-0.1, -0.05) is 69.4 Å². The first-order chi connectivity index (χ1) is 15.6. The molecule has 0 spiro atoms. The van der Waals surface area contributed by atoms with E-state index in [1.165, 1.54) is 17.8 Å². The summed E-state index contributed by atoms with van der Waals surface area (Å²) in [5.74, 6) is -0.257. The van der Waals surface area contributed by atoms with Crippen molar-refractivity contribution in [2.24, 2.45) is 0 Å². The number of carbonyl (C=O) groups excluding carboxylic acids is 1. The van der Waals surface area contributed by atoms with Crippen LogP contribution >= 0.6 is 11.3 Å². The van der Waals surface area contributed by atoms with Gasteiger partial charge in [0.1, 0.15) is 11.4 Å². The van der Waals surface area contributed by atoms with E-state index in [0.717, 1.165) is 60.6 Å². The van der Waals surface area contributed by atoms with Crippen LogP contribution in [0.2, 0.25) is 0 Å². The van der Waals surface area contributed by atoms with E-state index in [1.807, 2.05) is 35.7 Å². The molecule has 170 valence electrons. The number of rotatable bonds is 8. The Morgan fingerprint density at radius 2 is 1.81 bits per heavy atom. The maximum atomic E-state index is 13.5. The standard InChI is InChI=1S/C25H31N3O3S/c1-2-3-10-15-27-24-22(20(17-32-24)18-11-6-4-7-12-18)23(30)28(25(27)31)16-21(29)26-19-13-8-5-9-14-19/h4,6-7,11-12,17,19H,2-3,5,8-10,13-16H2,1H3,(H,26,29). The molecule has 0 saturated heterocycles. The van der Waals surface area contributed by atoms with Crippen LogP contribution in [0.3, 0.4) is 0 Å². The molecule has 0 bridgehead atoms. The lowest BCUT2D eigenvalue weighted by atomic mass is 9.95. The molecule has 2 heterocycles. The molecular formula is C25H31N3O3S. The highest BCUT2D eigenvalue weighted by atomic mass is 32.1. The van der Waals surface area contributed by atoms with Crippen LogP contribution in [0.4, 0.5) is 0 Å². The van der Waals surface area contributed by atoms with Gasteiger partial charge in [-0.3, -0.25) is 18.7 Å². The lowest BCUT2D eigenvalue weighted by Gasteiger charge is -2.23. The predicted octanol–water partition coefficient (Wildman–Crippen LogP) is 4.53. The van der Waals surface area contributed by atoms with E-state index in [9.17, 15) is 14.4 Å². The summed E-state index contributed by atoms with van der Waals surface area (Å²) in [6, 6.07) is 9.88. The van der Waals surface area contributed by atoms with Crippen molar-refractivity contribution in [2.75, 3.05) is 0 Å². The summed E-state index contributed by atoms with van der Waals surface area (Å²) < 4.78 is 2.82. The fourth-order valence-electron chi connectivity index (χ4n) is 4.56. The van der Waals surface area contributed by atoms with Crippen LogP contribution in [-0.4, -0.2) is 21.1 Å². The molecule has 32 heavy (non-hydrogen) atoms. The Morgan fingerprint density at radius 3 is 2.53 bits per heavy atom. The average molecular weight is 454 g/mol. The Labute approximate surface area is 191 Å². The van der Waals surface area contributed by atoms with Gasteiger partial charge >= 0.3 is 5.69 Å². The van der Waals surface area contributed by atoms with Crippen molar-refractivity contribution in [3.05, 3.63) is 56.5 Å². The molecule has 0 aliphatic heterocycles. The molecule has 1 fully saturated rings. The normalized spacial score (nSPS) is 14.7. The summed E-state index contributed by atoms with van der Waals surface area (Å²) in [6.07, 6.45) is 8.25. The topological polar surface area (TPSA) is 73.1 Å². The fraction of sp³-hybridized carbons (Fsp3) is 0.480. The van der Waals surface area contributed by atoms with Gasteiger partial charge in [0, 0.05) is 23.5 Å². The van der Waals surface area contributed by atoms with Gasteiger partial charge in [-0.15, -0.1) is 11.3 Å². The highest BCUT2D eigenvalue weighted by Crippen LogP contribution is 2.31. The molecule has 1 aliphatic carbocycles. The molecule has 1 aromatic carbocycles. The van der Waals surface area contributed by atoms with Crippen molar-refractivity contribution in [1.29, 1.82) is 0 Å². The van der Waals surface area contributed by atoms with E-state index in [0.29, 0.717) is 16.8 Å². The zero-order valence-corrected chi connectivity index (χ0v) is 19.5. The number of carbonyl (C=O) groups is 1. The van der Waals surface area contributed by atoms with E-state index in [2.05, 4.69) is 12.2 Å². The third-order valence-corrected chi connectivity index (χ3v) is 7.28. The number of unbranched alkanes of at least 4 members (excludes halogenated alkanes) is 2. The number of hydrogen-bond acceptors (Lipinski definition) is 4. The smallest absolute Gasteiger partial charge is 0.332 e. The van der Waals surface area contributed by atoms with Crippen LogP contribution in [0.1, 0.15) is 58.3 Å².